The Labute approximate surface area is 103 Å². The second-order valence-electron chi connectivity index (χ2n) is 3.73. The number of non-ortho nitro benzene ring substituents is 1. The lowest BCUT2D eigenvalue weighted by Gasteiger charge is -2.13. The Balaban J connectivity index is 2.39. The summed E-state index contributed by atoms with van der Waals surface area (Å²) in [6.45, 7) is 0.373. The van der Waals surface area contributed by atoms with Crippen molar-refractivity contribution in [2.75, 3.05) is 14.2 Å². The van der Waals surface area contributed by atoms with E-state index in [0.29, 0.717) is 12.1 Å². The van der Waals surface area contributed by atoms with Crippen LogP contribution in [0, 0.1) is 10.1 Å². The van der Waals surface area contributed by atoms with Gasteiger partial charge in [-0.25, -0.2) is 0 Å². The molecule has 0 saturated heterocycles. The van der Waals surface area contributed by atoms with Gasteiger partial charge >= 0.3 is 0 Å². The van der Waals surface area contributed by atoms with Crippen molar-refractivity contribution in [3.63, 3.8) is 0 Å². The lowest BCUT2D eigenvalue weighted by atomic mass is 10.2. The summed E-state index contributed by atoms with van der Waals surface area (Å²) in [7, 11) is 3.06. The Morgan fingerprint density at radius 1 is 1.44 bits per heavy atom. The Bertz CT molecular complexity index is 562. The van der Waals surface area contributed by atoms with Crippen LogP contribution in [0.25, 0.3) is 10.9 Å². The van der Waals surface area contributed by atoms with E-state index in [0.717, 1.165) is 5.39 Å². The predicted molar refractivity (Wildman–Crippen MR) is 64.2 cm³/mol. The van der Waals surface area contributed by atoms with Crippen molar-refractivity contribution in [1.29, 1.82) is 0 Å². The quantitative estimate of drug-likeness (QED) is 0.457. The topological polar surface area (TPSA) is 79.4 Å². The Morgan fingerprint density at radius 2 is 2.17 bits per heavy atom. The summed E-state index contributed by atoms with van der Waals surface area (Å²) in [6, 6.07) is 4.62. The Kier molecular flexibility index (Phi) is 3.54. The fourth-order valence-electron chi connectivity index (χ4n) is 1.70. The predicted octanol–water partition coefficient (Wildman–Crippen LogP) is 1.56. The van der Waals surface area contributed by atoms with E-state index in [1.165, 1.54) is 26.4 Å². The minimum atomic E-state index is -0.438. The second kappa shape index (κ2) is 5.11. The SMILES string of the molecule is COC(Cn1ncc2ccc([N+](=O)[O-])cc21)OC. The largest absolute Gasteiger partial charge is 0.354 e. The van der Waals surface area contributed by atoms with Crippen LogP contribution < -0.4 is 0 Å². The van der Waals surface area contributed by atoms with Gasteiger partial charge < -0.3 is 9.47 Å². The van der Waals surface area contributed by atoms with E-state index < -0.39 is 11.2 Å². The molecule has 0 aliphatic rings. The summed E-state index contributed by atoms with van der Waals surface area (Å²) < 4.78 is 11.8. The number of hydrogen-bond acceptors (Lipinski definition) is 5. The van der Waals surface area contributed by atoms with Gasteiger partial charge in [0.25, 0.3) is 5.69 Å². The number of methoxy groups -OCH3 is 2. The van der Waals surface area contributed by atoms with Crippen molar-refractivity contribution in [3.05, 3.63) is 34.5 Å². The number of hydrogen-bond donors (Lipinski definition) is 0. The highest BCUT2D eigenvalue weighted by Gasteiger charge is 2.13. The van der Waals surface area contributed by atoms with Crippen molar-refractivity contribution >= 4 is 16.6 Å². The van der Waals surface area contributed by atoms with E-state index >= 15 is 0 Å². The van der Waals surface area contributed by atoms with Crippen LogP contribution >= 0.6 is 0 Å². The number of ether oxygens (including phenoxy) is 2. The van der Waals surface area contributed by atoms with E-state index in [9.17, 15) is 10.1 Å². The molecule has 2 aromatic rings. The highest BCUT2D eigenvalue weighted by atomic mass is 16.7. The summed E-state index contributed by atoms with van der Waals surface area (Å²) in [5.74, 6) is 0. The summed E-state index contributed by atoms with van der Waals surface area (Å²) in [6.07, 6.45) is 1.22. The van der Waals surface area contributed by atoms with E-state index in [4.69, 9.17) is 9.47 Å². The van der Waals surface area contributed by atoms with Crippen LogP contribution in [0.1, 0.15) is 0 Å². The summed E-state index contributed by atoms with van der Waals surface area (Å²) in [4.78, 5) is 10.3. The number of nitro benzene ring substituents is 1. The van der Waals surface area contributed by atoms with Crippen LogP contribution in [-0.2, 0) is 16.0 Å². The van der Waals surface area contributed by atoms with Gasteiger partial charge in [-0.1, -0.05) is 0 Å². The van der Waals surface area contributed by atoms with Crippen molar-refractivity contribution in [1.82, 2.24) is 9.78 Å². The molecule has 0 fully saturated rings. The van der Waals surface area contributed by atoms with Gasteiger partial charge in [-0.2, -0.15) is 5.10 Å². The first-order chi connectivity index (χ1) is 8.65. The average Bonchev–Trinajstić information content (AvgIpc) is 2.78. The molecule has 0 aliphatic heterocycles. The molecule has 0 unspecified atom stereocenters. The first kappa shape index (κ1) is 12.5. The van der Waals surface area contributed by atoms with Gasteiger partial charge in [0.1, 0.15) is 0 Å². The van der Waals surface area contributed by atoms with Crippen LogP contribution in [0.3, 0.4) is 0 Å². The zero-order valence-corrected chi connectivity index (χ0v) is 10.1. The molecule has 1 aromatic heterocycles. The fourth-order valence-corrected chi connectivity index (χ4v) is 1.70. The molecule has 7 nitrogen and oxygen atoms in total. The molecular weight excluding hydrogens is 238 g/mol. The maximum atomic E-state index is 10.7. The number of nitro groups is 1. The maximum absolute atomic E-state index is 10.7. The zero-order chi connectivity index (χ0) is 13.1. The standard InChI is InChI=1S/C11H13N3O4/c1-17-11(18-2)7-13-10-5-9(14(15)16)4-3-8(10)6-12-13/h3-6,11H,7H2,1-2H3. The first-order valence-electron chi connectivity index (χ1n) is 5.31. The molecule has 96 valence electrons. The molecule has 1 heterocycles. The minimum absolute atomic E-state index is 0.0376. The van der Waals surface area contributed by atoms with E-state index in [1.54, 1.807) is 16.9 Å². The van der Waals surface area contributed by atoms with Gasteiger partial charge in [-0.3, -0.25) is 14.8 Å². The molecule has 18 heavy (non-hydrogen) atoms. The number of rotatable bonds is 5. The molecule has 1 aromatic carbocycles. The van der Waals surface area contributed by atoms with Crippen LogP contribution in [0.15, 0.2) is 24.4 Å². The third-order valence-corrected chi connectivity index (χ3v) is 2.69. The molecule has 0 bridgehead atoms. The van der Waals surface area contributed by atoms with E-state index in [-0.39, 0.29) is 5.69 Å². The molecule has 0 aliphatic carbocycles. The van der Waals surface area contributed by atoms with Crippen molar-refractivity contribution in [2.24, 2.45) is 0 Å². The Morgan fingerprint density at radius 3 is 2.78 bits per heavy atom. The number of nitrogens with zero attached hydrogens (tertiary/aromatic N) is 3. The van der Waals surface area contributed by atoms with Gasteiger partial charge in [0, 0.05) is 31.7 Å². The van der Waals surface area contributed by atoms with Crippen LogP contribution in [-0.4, -0.2) is 35.2 Å². The zero-order valence-electron chi connectivity index (χ0n) is 10.1. The van der Waals surface area contributed by atoms with E-state index in [1.807, 2.05) is 0 Å². The van der Waals surface area contributed by atoms with Gasteiger partial charge in [0.2, 0.25) is 0 Å². The monoisotopic (exact) mass is 251 g/mol. The average molecular weight is 251 g/mol. The minimum Gasteiger partial charge on any atom is -0.354 e. The summed E-state index contributed by atoms with van der Waals surface area (Å²) >= 11 is 0. The molecule has 0 radical (unpaired) electrons. The molecule has 0 spiro atoms. The highest BCUT2D eigenvalue weighted by molar-refractivity contribution is 5.80. The third-order valence-electron chi connectivity index (χ3n) is 2.69. The number of benzene rings is 1. The van der Waals surface area contributed by atoms with Crippen LogP contribution in [0.2, 0.25) is 0 Å². The highest BCUT2D eigenvalue weighted by Crippen LogP contribution is 2.20. The number of fused-ring (bicyclic) bond motifs is 1. The Hall–Kier alpha value is -1.99. The summed E-state index contributed by atoms with van der Waals surface area (Å²) in [5, 5.41) is 15.7. The smallest absolute Gasteiger partial charge is 0.271 e. The van der Waals surface area contributed by atoms with Gasteiger partial charge in [0.15, 0.2) is 6.29 Å². The van der Waals surface area contributed by atoms with Crippen LogP contribution in [0.5, 0.6) is 0 Å². The molecule has 7 heteroatoms. The fraction of sp³-hybridized carbons (Fsp3) is 0.364. The van der Waals surface area contributed by atoms with Crippen molar-refractivity contribution in [2.45, 2.75) is 12.8 Å². The third kappa shape index (κ3) is 2.31. The molecule has 0 saturated carbocycles. The summed E-state index contributed by atoms with van der Waals surface area (Å²) in [5.41, 5.74) is 0.721. The second-order valence-corrected chi connectivity index (χ2v) is 3.73. The lowest BCUT2D eigenvalue weighted by Crippen LogP contribution is -2.21. The van der Waals surface area contributed by atoms with Gasteiger partial charge in [-0.15, -0.1) is 0 Å². The van der Waals surface area contributed by atoms with Crippen molar-refractivity contribution < 1.29 is 14.4 Å². The molecule has 0 amide bonds. The molecular formula is C11H13N3O4. The molecule has 0 N–H and O–H groups in total. The number of aromatic nitrogens is 2. The maximum Gasteiger partial charge on any atom is 0.271 e. The van der Waals surface area contributed by atoms with Crippen molar-refractivity contribution in [3.8, 4) is 0 Å². The van der Waals surface area contributed by atoms with Gasteiger partial charge in [0.05, 0.1) is 23.2 Å². The normalized spacial score (nSPS) is 11.3. The van der Waals surface area contributed by atoms with Crippen LogP contribution in [0.4, 0.5) is 5.69 Å². The lowest BCUT2D eigenvalue weighted by molar-refractivity contribution is -0.384. The molecule has 0 atom stereocenters. The molecule has 2 rings (SSSR count). The van der Waals surface area contributed by atoms with E-state index in [2.05, 4.69) is 5.10 Å². The first-order valence-corrected chi connectivity index (χ1v) is 5.31. The van der Waals surface area contributed by atoms with Gasteiger partial charge in [-0.05, 0) is 6.07 Å².